The van der Waals surface area contributed by atoms with Crippen LogP contribution >= 0.6 is 0 Å². The van der Waals surface area contributed by atoms with E-state index in [9.17, 15) is 4.79 Å². The van der Waals surface area contributed by atoms with Crippen LogP contribution in [0.2, 0.25) is 0 Å². The summed E-state index contributed by atoms with van der Waals surface area (Å²) in [7, 11) is 0. The number of benzene rings is 1. The van der Waals surface area contributed by atoms with Crippen LogP contribution < -0.4 is 10.5 Å². The van der Waals surface area contributed by atoms with E-state index in [1.54, 1.807) is 11.0 Å². The number of rotatable bonds is 3. The number of amides is 1. The van der Waals surface area contributed by atoms with Crippen LogP contribution in [0.4, 0.5) is 0 Å². The molecule has 1 heterocycles. The van der Waals surface area contributed by atoms with Crippen LogP contribution in [-0.2, 0) is 0 Å². The zero-order chi connectivity index (χ0) is 12.3. The molecule has 1 atom stereocenters. The van der Waals surface area contributed by atoms with Gasteiger partial charge in [-0.25, -0.2) is 0 Å². The Morgan fingerprint density at radius 2 is 2.24 bits per heavy atom. The number of carbonyl (C=O) groups is 1. The summed E-state index contributed by atoms with van der Waals surface area (Å²) in [5.41, 5.74) is 6.54. The highest BCUT2D eigenvalue weighted by molar-refractivity contribution is 5.97. The van der Waals surface area contributed by atoms with Gasteiger partial charge in [-0.1, -0.05) is 19.1 Å². The van der Waals surface area contributed by atoms with Crippen molar-refractivity contribution in [2.24, 2.45) is 5.73 Å². The van der Waals surface area contributed by atoms with Gasteiger partial charge >= 0.3 is 0 Å². The average molecular weight is 234 g/mol. The molecular formula is C13H18N2O2. The first-order valence-electron chi connectivity index (χ1n) is 5.99. The molecule has 1 amide bonds. The maximum Gasteiger partial charge on any atom is 0.257 e. The van der Waals surface area contributed by atoms with Crippen LogP contribution in [0.15, 0.2) is 24.3 Å². The van der Waals surface area contributed by atoms with Crippen LogP contribution in [0.1, 0.15) is 23.7 Å². The fraction of sp³-hybridized carbons (Fsp3) is 0.462. The lowest BCUT2D eigenvalue weighted by Crippen LogP contribution is -2.41. The summed E-state index contributed by atoms with van der Waals surface area (Å²) in [6.07, 6.45) is 0.867. The molecule has 0 saturated heterocycles. The van der Waals surface area contributed by atoms with Crippen LogP contribution in [0.3, 0.4) is 0 Å². The second-order valence-electron chi connectivity index (χ2n) is 4.26. The van der Waals surface area contributed by atoms with Gasteiger partial charge in [0.15, 0.2) is 0 Å². The normalized spacial score (nSPS) is 17.1. The van der Waals surface area contributed by atoms with E-state index in [0.29, 0.717) is 31.0 Å². The third-order valence-electron chi connectivity index (χ3n) is 3.00. The summed E-state index contributed by atoms with van der Waals surface area (Å²) in [4.78, 5) is 14.1. The van der Waals surface area contributed by atoms with E-state index in [-0.39, 0.29) is 11.9 Å². The third-order valence-corrected chi connectivity index (χ3v) is 3.00. The maximum absolute atomic E-state index is 12.3. The Morgan fingerprint density at radius 3 is 3.00 bits per heavy atom. The van der Waals surface area contributed by atoms with Crippen molar-refractivity contribution in [3.63, 3.8) is 0 Å². The largest absolute Gasteiger partial charge is 0.491 e. The number of para-hydroxylation sites is 1. The lowest BCUT2D eigenvalue weighted by Gasteiger charge is -2.23. The van der Waals surface area contributed by atoms with E-state index < -0.39 is 0 Å². The van der Waals surface area contributed by atoms with Crippen molar-refractivity contribution in [1.82, 2.24) is 4.90 Å². The smallest absolute Gasteiger partial charge is 0.257 e. The number of nitrogens with two attached hydrogens (primary N) is 1. The van der Waals surface area contributed by atoms with Crippen molar-refractivity contribution in [3.8, 4) is 5.75 Å². The van der Waals surface area contributed by atoms with Gasteiger partial charge in [-0.05, 0) is 18.6 Å². The highest BCUT2D eigenvalue weighted by Gasteiger charge is 2.23. The topological polar surface area (TPSA) is 55.6 Å². The van der Waals surface area contributed by atoms with E-state index in [1.807, 2.05) is 25.1 Å². The van der Waals surface area contributed by atoms with E-state index in [1.165, 1.54) is 0 Å². The predicted octanol–water partition coefficient (Wildman–Crippen LogP) is 1.26. The second kappa shape index (κ2) is 5.19. The standard InChI is InChI=1S/C13H18N2O2/c1-2-10(14)9-15-7-8-17-12-6-4-3-5-11(12)13(15)16/h3-6,10H,2,7-9,14H2,1H3. The highest BCUT2D eigenvalue weighted by atomic mass is 16.5. The minimum Gasteiger partial charge on any atom is -0.491 e. The number of carbonyl (C=O) groups excluding carboxylic acids is 1. The molecule has 1 aromatic carbocycles. The Bertz CT molecular complexity index is 406. The molecule has 92 valence electrons. The summed E-state index contributed by atoms with van der Waals surface area (Å²) in [6.45, 7) is 3.74. The quantitative estimate of drug-likeness (QED) is 0.856. The lowest BCUT2D eigenvalue weighted by atomic mass is 10.1. The molecule has 1 aliphatic heterocycles. The monoisotopic (exact) mass is 234 g/mol. The zero-order valence-electron chi connectivity index (χ0n) is 10.1. The Balaban J connectivity index is 2.20. The molecule has 0 fully saturated rings. The number of nitrogens with zero attached hydrogens (tertiary/aromatic N) is 1. The first-order valence-corrected chi connectivity index (χ1v) is 5.99. The van der Waals surface area contributed by atoms with Crippen molar-refractivity contribution in [2.45, 2.75) is 19.4 Å². The number of hydrogen-bond donors (Lipinski definition) is 1. The lowest BCUT2D eigenvalue weighted by molar-refractivity contribution is 0.0744. The van der Waals surface area contributed by atoms with Crippen LogP contribution in [0.5, 0.6) is 5.75 Å². The maximum atomic E-state index is 12.3. The number of fused-ring (bicyclic) bond motifs is 1. The molecule has 0 spiro atoms. The minimum atomic E-state index is 0.0157. The predicted molar refractivity (Wildman–Crippen MR) is 66.1 cm³/mol. The number of ether oxygens (including phenoxy) is 1. The van der Waals surface area contributed by atoms with Gasteiger partial charge in [-0.15, -0.1) is 0 Å². The Hall–Kier alpha value is -1.55. The molecule has 4 heteroatoms. The van der Waals surface area contributed by atoms with E-state index in [2.05, 4.69) is 0 Å². The molecule has 2 N–H and O–H groups in total. The van der Waals surface area contributed by atoms with Crippen LogP contribution in [0.25, 0.3) is 0 Å². The summed E-state index contributed by atoms with van der Waals surface area (Å²) in [5, 5.41) is 0. The van der Waals surface area contributed by atoms with Gasteiger partial charge in [-0.3, -0.25) is 4.79 Å². The molecule has 1 unspecified atom stereocenters. The molecule has 0 bridgehead atoms. The highest BCUT2D eigenvalue weighted by Crippen LogP contribution is 2.22. The van der Waals surface area contributed by atoms with Crippen molar-refractivity contribution >= 4 is 5.91 Å². The molecular weight excluding hydrogens is 216 g/mol. The Morgan fingerprint density at radius 1 is 1.47 bits per heavy atom. The van der Waals surface area contributed by atoms with Gasteiger partial charge in [0.05, 0.1) is 12.1 Å². The molecule has 0 aromatic heterocycles. The first-order chi connectivity index (χ1) is 8.22. The van der Waals surface area contributed by atoms with Gasteiger partial charge < -0.3 is 15.4 Å². The molecule has 4 nitrogen and oxygen atoms in total. The molecule has 17 heavy (non-hydrogen) atoms. The fourth-order valence-electron chi connectivity index (χ4n) is 1.89. The van der Waals surface area contributed by atoms with Crippen LogP contribution in [0, 0.1) is 0 Å². The molecule has 0 aliphatic carbocycles. The summed E-state index contributed by atoms with van der Waals surface area (Å²) in [5.74, 6) is 0.687. The van der Waals surface area contributed by atoms with E-state index in [0.717, 1.165) is 6.42 Å². The second-order valence-corrected chi connectivity index (χ2v) is 4.26. The van der Waals surface area contributed by atoms with Crippen molar-refractivity contribution < 1.29 is 9.53 Å². The van der Waals surface area contributed by atoms with E-state index >= 15 is 0 Å². The van der Waals surface area contributed by atoms with Crippen molar-refractivity contribution in [3.05, 3.63) is 29.8 Å². The summed E-state index contributed by atoms with van der Waals surface area (Å²) in [6, 6.07) is 7.39. The van der Waals surface area contributed by atoms with Crippen LogP contribution in [-0.4, -0.2) is 36.5 Å². The van der Waals surface area contributed by atoms with Gasteiger partial charge in [-0.2, -0.15) is 0 Å². The SMILES string of the molecule is CCC(N)CN1CCOc2ccccc2C1=O. The van der Waals surface area contributed by atoms with Gasteiger partial charge in [0.2, 0.25) is 0 Å². The molecule has 0 radical (unpaired) electrons. The number of hydrogen-bond acceptors (Lipinski definition) is 3. The van der Waals surface area contributed by atoms with Crippen molar-refractivity contribution in [2.75, 3.05) is 19.7 Å². The Kier molecular flexibility index (Phi) is 3.64. The zero-order valence-corrected chi connectivity index (χ0v) is 10.1. The molecule has 1 aromatic rings. The molecule has 1 aliphatic rings. The van der Waals surface area contributed by atoms with Gasteiger partial charge in [0, 0.05) is 12.6 Å². The van der Waals surface area contributed by atoms with Gasteiger partial charge in [0.1, 0.15) is 12.4 Å². The first kappa shape index (κ1) is 11.9. The molecule has 0 saturated carbocycles. The van der Waals surface area contributed by atoms with Crippen molar-refractivity contribution in [1.29, 1.82) is 0 Å². The van der Waals surface area contributed by atoms with Gasteiger partial charge in [0.25, 0.3) is 5.91 Å². The third kappa shape index (κ3) is 2.58. The van der Waals surface area contributed by atoms with E-state index in [4.69, 9.17) is 10.5 Å². The Labute approximate surface area is 101 Å². The average Bonchev–Trinajstić information content (AvgIpc) is 2.51. The minimum absolute atomic E-state index is 0.0157. The summed E-state index contributed by atoms with van der Waals surface area (Å²) >= 11 is 0. The molecule has 2 rings (SSSR count). The summed E-state index contributed by atoms with van der Waals surface area (Å²) < 4.78 is 5.56. The fourth-order valence-corrected chi connectivity index (χ4v) is 1.89.